The molecule has 0 aromatic heterocycles. The highest BCUT2D eigenvalue weighted by Gasteiger charge is 2.34. The van der Waals surface area contributed by atoms with Crippen LogP contribution in [-0.4, -0.2) is 47.3 Å². The first-order valence-electron chi connectivity index (χ1n) is 5.52. The molecule has 1 aliphatic rings. The minimum absolute atomic E-state index is 0.0463. The lowest BCUT2D eigenvalue weighted by Crippen LogP contribution is -2.46. The van der Waals surface area contributed by atoms with E-state index >= 15 is 0 Å². The Kier molecular flexibility index (Phi) is 3.49. The second-order valence-corrected chi connectivity index (χ2v) is 4.29. The van der Waals surface area contributed by atoms with E-state index in [1.165, 1.54) is 17.0 Å². The highest BCUT2D eigenvalue weighted by atomic mass is 19.1. The maximum absolute atomic E-state index is 13.4. The van der Waals surface area contributed by atoms with Crippen LogP contribution in [0.5, 0.6) is 5.75 Å². The first-order valence-corrected chi connectivity index (χ1v) is 5.52. The Labute approximate surface area is 103 Å². The molecule has 2 unspecified atom stereocenters. The van der Waals surface area contributed by atoms with E-state index in [2.05, 4.69) is 0 Å². The molecule has 6 heteroatoms. The molecule has 1 heterocycles. The Morgan fingerprint density at radius 2 is 2.33 bits per heavy atom. The van der Waals surface area contributed by atoms with Crippen LogP contribution in [0.3, 0.4) is 0 Å². The van der Waals surface area contributed by atoms with Gasteiger partial charge < -0.3 is 14.9 Å². The molecule has 0 spiro atoms. The fourth-order valence-electron chi connectivity index (χ4n) is 2.08. The maximum atomic E-state index is 13.4. The van der Waals surface area contributed by atoms with Crippen molar-refractivity contribution in [2.24, 2.45) is 0 Å². The summed E-state index contributed by atoms with van der Waals surface area (Å²) in [6, 6.07) is 3.81. The van der Waals surface area contributed by atoms with Crippen LogP contribution < -0.4 is 4.74 Å². The van der Waals surface area contributed by atoms with Crippen molar-refractivity contribution in [2.45, 2.75) is 12.1 Å². The molecule has 0 radical (unpaired) electrons. The molecule has 0 saturated carbocycles. The molecule has 2 atom stereocenters. The smallest absolute Gasteiger partial charge is 0.317 e. The van der Waals surface area contributed by atoms with Gasteiger partial charge in [0.25, 0.3) is 0 Å². The number of nitrogens with zero attached hydrogens (tertiary/aromatic N) is 1. The van der Waals surface area contributed by atoms with Crippen molar-refractivity contribution >= 4 is 5.97 Å². The van der Waals surface area contributed by atoms with E-state index in [0.717, 1.165) is 0 Å². The number of carbonyl (C=O) groups is 1. The van der Waals surface area contributed by atoms with E-state index in [1.807, 2.05) is 0 Å². The van der Waals surface area contributed by atoms with E-state index in [4.69, 9.17) is 9.84 Å². The lowest BCUT2D eigenvalue weighted by atomic mass is 9.98. The number of benzene rings is 1. The molecule has 0 aliphatic carbocycles. The van der Waals surface area contributed by atoms with Crippen LogP contribution in [0, 0.1) is 5.82 Å². The second kappa shape index (κ2) is 4.91. The summed E-state index contributed by atoms with van der Waals surface area (Å²) in [5.41, 5.74) is 0.350. The zero-order valence-electron chi connectivity index (χ0n) is 9.84. The number of carboxylic acids is 1. The predicted octanol–water partition coefficient (Wildman–Crippen LogP) is 0.636. The number of hydrogen-bond donors (Lipinski definition) is 2. The van der Waals surface area contributed by atoms with Gasteiger partial charge in [-0.25, -0.2) is 4.39 Å². The highest BCUT2D eigenvalue weighted by molar-refractivity contribution is 5.69. The molecule has 0 saturated heterocycles. The average molecular weight is 255 g/mol. The van der Waals surface area contributed by atoms with Crippen molar-refractivity contribution in [3.8, 4) is 5.75 Å². The van der Waals surface area contributed by atoms with Gasteiger partial charge in [-0.15, -0.1) is 0 Å². The van der Waals surface area contributed by atoms with Gasteiger partial charge in [0.1, 0.15) is 12.7 Å². The molecule has 1 aliphatic heterocycles. The van der Waals surface area contributed by atoms with Crippen molar-refractivity contribution in [2.75, 3.05) is 20.2 Å². The first-order chi connectivity index (χ1) is 8.50. The minimum Gasteiger partial charge on any atom is -0.488 e. The predicted molar refractivity (Wildman–Crippen MR) is 60.9 cm³/mol. The van der Waals surface area contributed by atoms with Gasteiger partial charge in [0.05, 0.1) is 12.6 Å². The number of aliphatic hydroxyl groups excluding tert-OH is 1. The van der Waals surface area contributed by atoms with Crippen molar-refractivity contribution in [3.63, 3.8) is 0 Å². The van der Waals surface area contributed by atoms with E-state index in [0.29, 0.717) is 5.56 Å². The van der Waals surface area contributed by atoms with Crippen molar-refractivity contribution in [3.05, 3.63) is 29.6 Å². The van der Waals surface area contributed by atoms with Gasteiger partial charge >= 0.3 is 5.97 Å². The number of likely N-dealkylation sites (N-methyl/N-ethyl adjacent to an activating group) is 1. The Hall–Kier alpha value is -1.66. The monoisotopic (exact) mass is 255 g/mol. The minimum atomic E-state index is -0.991. The summed E-state index contributed by atoms with van der Waals surface area (Å²) in [6.07, 6.45) is -0.964. The normalized spacial score (nSPS) is 22.4. The largest absolute Gasteiger partial charge is 0.488 e. The number of rotatable bonds is 3. The number of hydrogen-bond acceptors (Lipinski definition) is 4. The maximum Gasteiger partial charge on any atom is 0.317 e. The third kappa shape index (κ3) is 2.30. The third-order valence-corrected chi connectivity index (χ3v) is 3.03. The molecule has 0 bridgehead atoms. The van der Waals surface area contributed by atoms with Crippen LogP contribution in [0.4, 0.5) is 4.39 Å². The molecule has 1 aromatic rings. The van der Waals surface area contributed by atoms with Crippen molar-refractivity contribution < 1.29 is 24.1 Å². The number of fused-ring (bicyclic) bond motifs is 1. The van der Waals surface area contributed by atoms with E-state index in [1.54, 1.807) is 13.1 Å². The number of para-hydroxylation sites is 1. The molecule has 18 heavy (non-hydrogen) atoms. The lowest BCUT2D eigenvalue weighted by Gasteiger charge is -2.35. The molecular formula is C12H14FNO4. The van der Waals surface area contributed by atoms with Crippen LogP contribution in [0.2, 0.25) is 0 Å². The number of aliphatic hydroxyl groups is 1. The van der Waals surface area contributed by atoms with Crippen molar-refractivity contribution in [1.82, 2.24) is 4.90 Å². The summed E-state index contributed by atoms with van der Waals surface area (Å²) in [5, 5.41) is 18.9. The van der Waals surface area contributed by atoms with E-state index in [-0.39, 0.29) is 18.9 Å². The first kappa shape index (κ1) is 12.8. The standard InChI is InChI=1S/C12H14FNO4/c1-14(5-10(15)16)9-6-18-12-7(11(9)17)3-2-4-8(12)13/h2-4,9,11,17H,5-6H2,1H3,(H,15,16). The van der Waals surface area contributed by atoms with Gasteiger partial charge in [0, 0.05) is 5.56 Å². The topological polar surface area (TPSA) is 70.0 Å². The number of aliphatic carboxylic acids is 1. The molecule has 5 nitrogen and oxygen atoms in total. The van der Waals surface area contributed by atoms with Crippen LogP contribution in [0.1, 0.15) is 11.7 Å². The van der Waals surface area contributed by atoms with Gasteiger partial charge in [0.15, 0.2) is 11.6 Å². The van der Waals surface area contributed by atoms with Crippen molar-refractivity contribution in [1.29, 1.82) is 0 Å². The van der Waals surface area contributed by atoms with Gasteiger partial charge in [-0.2, -0.15) is 0 Å². The lowest BCUT2D eigenvalue weighted by molar-refractivity contribution is -0.139. The Morgan fingerprint density at radius 3 is 3.00 bits per heavy atom. The van der Waals surface area contributed by atoms with E-state index in [9.17, 15) is 14.3 Å². The van der Waals surface area contributed by atoms with Gasteiger partial charge in [-0.1, -0.05) is 12.1 Å². The summed E-state index contributed by atoms with van der Waals surface area (Å²) in [4.78, 5) is 12.1. The second-order valence-electron chi connectivity index (χ2n) is 4.29. The highest BCUT2D eigenvalue weighted by Crippen LogP contribution is 2.35. The molecule has 1 aromatic carbocycles. The van der Waals surface area contributed by atoms with Crippen LogP contribution in [0.25, 0.3) is 0 Å². The fourth-order valence-corrected chi connectivity index (χ4v) is 2.08. The van der Waals surface area contributed by atoms with Crippen LogP contribution in [-0.2, 0) is 4.79 Å². The van der Waals surface area contributed by atoms with Gasteiger partial charge in [0.2, 0.25) is 0 Å². The molecule has 98 valence electrons. The third-order valence-electron chi connectivity index (χ3n) is 3.03. The van der Waals surface area contributed by atoms with Crippen LogP contribution in [0.15, 0.2) is 18.2 Å². The molecule has 2 rings (SSSR count). The van der Waals surface area contributed by atoms with Gasteiger partial charge in [-0.05, 0) is 13.1 Å². The van der Waals surface area contributed by atoms with E-state index < -0.39 is 23.9 Å². The fraction of sp³-hybridized carbons (Fsp3) is 0.417. The molecular weight excluding hydrogens is 241 g/mol. The Bertz CT molecular complexity index is 465. The van der Waals surface area contributed by atoms with Crippen LogP contribution >= 0.6 is 0 Å². The number of ether oxygens (including phenoxy) is 1. The molecule has 0 fully saturated rings. The SMILES string of the molecule is CN(CC(=O)O)C1COc2c(F)cccc2C1O. The zero-order valence-corrected chi connectivity index (χ0v) is 9.84. The number of halogens is 1. The average Bonchev–Trinajstić information content (AvgIpc) is 2.29. The summed E-state index contributed by atoms with van der Waals surface area (Å²) < 4.78 is 18.7. The van der Waals surface area contributed by atoms with Gasteiger partial charge in [-0.3, -0.25) is 9.69 Å². The summed E-state index contributed by atoms with van der Waals surface area (Å²) >= 11 is 0. The summed E-state index contributed by atoms with van der Waals surface area (Å²) in [5.74, 6) is -1.47. The quantitative estimate of drug-likeness (QED) is 0.829. The summed E-state index contributed by atoms with van der Waals surface area (Å²) in [6.45, 7) is -0.158. The summed E-state index contributed by atoms with van der Waals surface area (Å²) in [7, 11) is 1.58. The molecule has 2 N–H and O–H groups in total. The zero-order chi connectivity index (χ0) is 13.3. The number of carboxylic acid groups (broad SMARTS) is 1. The Morgan fingerprint density at radius 1 is 1.61 bits per heavy atom. The Balaban J connectivity index is 2.23. The molecule has 0 amide bonds.